The van der Waals surface area contributed by atoms with Gasteiger partial charge in [0.25, 0.3) is 0 Å². The highest BCUT2D eigenvalue weighted by Crippen LogP contribution is 2.44. The van der Waals surface area contributed by atoms with Crippen molar-refractivity contribution in [1.29, 1.82) is 0 Å². The van der Waals surface area contributed by atoms with Crippen LogP contribution in [0.3, 0.4) is 0 Å². The molecule has 2 atom stereocenters. The second kappa shape index (κ2) is 7.19. The molecule has 6 nitrogen and oxygen atoms in total. The molecule has 150 valence electrons. The third-order valence-electron chi connectivity index (χ3n) is 6.33. The monoisotopic (exact) mass is 391 g/mol. The first-order valence-corrected chi connectivity index (χ1v) is 10.3. The average Bonchev–Trinajstić information content (AvgIpc) is 3.21. The lowest BCUT2D eigenvalue weighted by Gasteiger charge is -2.51. The highest BCUT2D eigenvalue weighted by Gasteiger charge is 2.49. The fourth-order valence-electron chi connectivity index (χ4n) is 5.06. The highest BCUT2D eigenvalue weighted by atomic mass is 16.6. The van der Waals surface area contributed by atoms with Crippen molar-refractivity contribution in [3.8, 4) is 0 Å². The summed E-state index contributed by atoms with van der Waals surface area (Å²) < 4.78 is 7.58. The van der Waals surface area contributed by atoms with Crippen LogP contribution in [0.15, 0.2) is 60.9 Å². The smallest absolute Gasteiger partial charge is 0.410 e. The quantitative estimate of drug-likeness (QED) is 0.736. The number of carbonyl (C=O) groups excluding carboxylic acids is 1. The number of rotatable bonds is 3. The van der Waals surface area contributed by atoms with Gasteiger partial charge in [-0.15, -0.1) is 0 Å². The number of carbonyl (C=O) groups is 1. The van der Waals surface area contributed by atoms with Gasteiger partial charge in [-0.05, 0) is 37.0 Å². The van der Waals surface area contributed by atoms with Crippen molar-refractivity contribution in [2.45, 2.75) is 56.4 Å². The van der Waals surface area contributed by atoms with E-state index in [2.05, 4.69) is 4.98 Å². The number of nitrogens with zero attached hydrogens (tertiary/aromatic N) is 3. The van der Waals surface area contributed by atoms with Gasteiger partial charge in [0, 0.05) is 37.3 Å². The largest absolute Gasteiger partial charge is 0.445 e. The molecule has 4 heterocycles. The Balaban J connectivity index is 1.37. The molecular weight excluding hydrogens is 366 g/mol. The van der Waals surface area contributed by atoms with Gasteiger partial charge in [0.15, 0.2) is 0 Å². The van der Waals surface area contributed by atoms with E-state index in [0.29, 0.717) is 12.8 Å². The molecule has 29 heavy (non-hydrogen) atoms. The zero-order chi connectivity index (χ0) is 19.8. The summed E-state index contributed by atoms with van der Waals surface area (Å²) >= 11 is 0. The van der Waals surface area contributed by atoms with Crippen molar-refractivity contribution in [3.05, 3.63) is 72.2 Å². The maximum absolute atomic E-state index is 12.9. The van der Waals surface area contributed by atoms with Gasteiger partial charge in [-0.25, -0.2) is 9.78 Å². The summed E-state index contributed by atoms with van der Waals surface area (Å²) in [5.41, 5.74) is 1.67. The first kappa shape index (κ1) is 18.2. The van der Waals surface area contributed by atoms with Gasteiger partial charge >= 0.3 is 6.09 Å². The molecular formula is C23H25N3O3. The molecule has 3 aromatic rings. The number of benzene rings is 1. The van der Waals surface area contributed by atoms with E-state index >= 15 is 0 Å². The normalized spacial score (nSPS) is 26.4. The van der Waals surface area contributed by atoms with E-state index < -0.39 is 5.60 Å². The van der Waals surface area contributed by atoms with E-state index in [1.807, 2.05) is 64.0 Å². The maximum Gasteiger partial charge on any atom is 0.410 e. The van der Waals surface area contributed by atoms with Crippen LogP contribution in [-0.2, 0) is 16.9 Å². The Kier molecular flexibility index (Phi) is 4.51. The Morgan fingerprint density at radius 3 is 2.62 bits per heavy atom. The fourth-order valence-corrected chi connectivity index (χ4v) is 5.06. The molecule has 5 rings (SSSR count). The molecule has 2 saturated heterocycles. The first-order valence-electron chi connectivity index (χ1n) is 10.3. The second-order valence-electron chi connectivity index (χ2n) is 8.19. The summed E-state index contributed by atoms with van der Waals surface area (Å²) in [6.45, 7) is 0.272. The Hall–Kier alpha value is -2.86. The number of hydrogen-bond donors (Lipinski definition) is 1. The molecule has 1 aromatic carbocycles. The minimum atomic E-state index is -0.980. The predicted octanol–water partition coefficient (Wildman–Crippen LogP) is 3.88. The maximum atomic E-state index is 12.9. The molecule has 6 heteroatoms. The third-order valence-corrected chi connectivity index (χ3v) is 6.33. The SMILES string of the molecule is O=C(OCc1ccccc1)N1C2CCCC1CC(O)(c1cccc3nccn13)C2. The van der Waals surface area contributed by atoms with Crippen LogP contribution in [0.25, 0.3) is 5.65 Å². The van der Waals surface area contributed by atoms with Gasteiger partial charge in [0.1, 0.15) is 17.9 Å². The lowest BCUT2D eigenvalue weighted by Crippen LogP contribution is -2.59. The Labute approximate surface area is 169 Å². The van der Waals surface area contributed by atoms with Crippen LogP contribution in [0.5, 0.6) is 0 Å². The Morgan fingerprint density at radius 2 is 1.86 bits per heavy atom. The Bertz CT molecular complexity index is 1000. The minimum Gasteiger partial charge on any atom is -0.445 e. The van der Waals surface area contributed by atoms with Crippen LogP contribution in [-0.4, -0.2) is 37.6 Å². The van der Waals surface area contributed by atoms with Crippen molar-refractivity contribution >= 4 is 11.7 Å². The van der Waals surface area contributed by atoms with E-state index in [4.69, 9.17) is 4.74 Å². The third kappa shape index (κ3) is 3.27. The van der Waals surface area contributed by atoms with Crippen LogP contribution in [0.1, 0.15) is 43.4 Å². The van der Waals surface area contributed by atoms with Crippen molar-refractivity contribution in [2.24, 2.45) is 0 Å². The minimum absolute atomic E-state index is 0.0189. The number of piperidine rings is 2. The molecule has 0 radical (unpaired) electrons. The molecule has 2 unspecified atom stereocenters. The number of amides is 1. The van der Waals surface area contributed by atoms with E-state index in [1.54, 1.807) is 6.20 Å². The van der Waals surface area contributed by atoms with Crippen LogP contribution < -0.4 is 0 Å². The lowest BCUT2D eigenvalue weighted by molar-refractivity contribution is -0.0923. The standard InChI is InChI=1S/C23H25N3O3/c27-22(29-16-17-6-2-1-3-7-17)26-18-8-4-9-19(26)15-23(28,14-18)20-10-5-11-21-24-12-13-25(20)21/h1-3,5-7,10-13,18-19,28H,4,8-9,14-16H2. The molecule has 0 spiro atoms. The summed E-state index contributed by atoms with van der Waals surface area (Å²) in [7, 11) is 0. The number of pyridine rings is 1. The fraction of sp³-hybridized carbons (Fsp3) is 0.391. The van der Waals surface area contributed by atoms with Crippen molar-refractivity contribution in [3.63, 3.8) is 0 Å². The molecule has 1 amide bonds. The lowest BCUT2D eigenvalue weighted by atomic mass is 9.74. The topological polar surface area (TPSA) is 67.1 Å². The molecule has 1 N–H and O–H groups in total. The molecule has 0 aliphatic carbocycles. The number of aromatic nitrogens is 2. The summed E-state index contributed by atoms with van der Waals surface area (Å²) in [6.07, 6.45) is 7.24. The number of fused-ring (bicyclic) bond motifs is 3. The second-order valence-corrected chi connectivity index (χ2v) is 8.19. The average molecular weight is 391 g/mol. The summed E-state index contributed by atoms with van der Waals surface area (Å²) in [4.78, 5) is 19.1. The van der Waals surface area contributed by atoms with Crippen LogP contribution in [0.4, 0.5) is 4.79 Å². The number of ether oxygens (including phenoxy) is 1. The molecule has 2 aromatic heterocycles. The van der Waals surface area contributed by atoms with Gasteiger partial charge in [0.2, 0.25) is 0 Å². The van der Waals surface area contributed by atoms with Gasteiger partial charge < -0.3 is 19.1 Å². The summed E-state index contributed by atoms with van der Waals surface area (Å²) in [5, 5.41) is 11.6. The van der Waals surface area contributed by atoms with Crippen LogP contribution >= 0.6 is 0 Å². The highest BCUT2D eigenvalue weighted by molar-refractivity contribution is 5.69. The van der Waals surface area contributed by atoms with Gasteiger partial charge in [-0.3, -0.25) is 0 Å². The van der Waals surface area contributed by atoms with E-state index in [-0.39, 0.29) is 24.8 Å². The zero-order valence-corrected chi connectivity index (χ0v) is 16.3. The van der Waals surface area contributed by atoms with E-state index in [9.17, 15) is 9.90 Å². The van der Waals surface area contributed by atoms with Crippen molar-refractivity contribution in [2.75, 3.05) is 0 Å². The van der Waals surface area contributed by atoms with Crippen LogP contribution in [0, 0.1) is 0 Å². The molecule has 2 bridgehead atoms. The zero-order valence-electron chi connectivity index (χ0n) is 16.3. The van der Waals surface area contributed by atoms with E-state index in [1.165, 1.54) is 0 Å². The van der Waals surface area contributed by atoms with Crippen molar-refractivity contribution < 1.29 is 14.6 Å². The number of hydrogen-bond acceptors (Lipinski definition) is 4. The number of aliphatic hydroxyl groups is 1. The summed E-state index contributed by atoms with van der Waals surface area (Å²) in [6, 6.07) is 15.5. The van der Waals surface area contributed by atoms with Gasteiger partial charge in [-0.1, -0.05) is 36.4 Å². The van der Waals surface area contributed by atoms with Gasteiger partial charge in [-0.2, -0.15) is 0 Å². The molecule has 2 fully saturated rings. The molecule has 0 saturated carbocycles. The Morgan fingerprint density at radius 1 is 1.10 bits per heavy atom. The molecule has 2 aliphatic heterocycles. The first-order chi connectivity index (χ1) is 14.1. The number of imidazole rings is 1. The van der Waals surface area contributed by atoms with Crippen LogP contribution in [0.2, 0.25) is 0 Å². The predicted molar refractivity (Wildman–Crippen MR) is 108 cm³/mol. The van der Waals surface area contributed by atoms with Crippen molar-refractivity contribution in [1.82, 2.24) is 14.3 Å². The summed E-state index contributed by atoms with van der Waals surface area (Å²) in [5.74, 6) is 0. The van der Waals surface area contributed by atoms with Gasteiger partial charge in [0.05, 0.1) is 5.69 Å². The molecule has 2 aliphatic rings. The van der Waals surface area contributed by atoms with E-state index in [0.717, 1.165) is 36.2 Å².